The number of nitrogens with zero attached hydrogens (tertiary/aromatic N) is 1. The first-order valence-corrected chi connectivity index (χ1v) is 9.47. The van der Waals surface area contributed by atoms with Crippen molar-refractivity contribution in [3.05, 3.63) is 70.8 Å². The number of imide groups is 1. The van der Waals surface area contributed by atoms with E-state index in [1.165, 1.54) is 0 Å². The van der Waals surface area contributed by atoms with Crippen LogP contribution in [0.3, 0.4) is 0 Å². The molecule has 6 nitrogen and oxygen atoms in total. The third-order valence-corrected chi connectivity index (χ3v) is 6.02. The van der Waals surface area contributed by atoms with E-state index in [0.29, 0.717) is 0 Å². The Morgan fingerprint density at radius 2 is 1.29 bits per heavy atom. The topological polar surface area (TPSA) is 72.9 Å². The fourth-order valence-corrected chi connectivity index (χ4v) is 5.10. The van der Waals surface area contributed by atoms with Crippen LogP contribution in [0.4, 0.5) is 0 Å². The van der Waals surface area contributed by atoms with Gasteiger partial charge in [-0.25, -0.2) is 4.79 Å². The molecular formula is C22H19NO5. The molecular weight excluding hydrogens is 358 g/mol. The molecule has 2 unspecified atom stereocenters. The maximum absolute atomic E-state index is 13.2. The molecule has 2 atom stereocenters. The van der Waals surface area contributed by atoms with Crippen molar-refractivity contribution >= 4 is 17.8 Å². The number of hydrogen-bond acceptors (Lipinski definition) is 5. The van der Waals surface area contributed by atoms with Gasteiger partial charge in [0, 0.05) is 11.8 Å². The van der Waals surface area contributed by atoms with Gasteiger partial charge in [0.05, 0.1) is 18.4 Å². The minimum Gasteiger partial charge on any atom is -0.464 e. The summed E-state index contributed by atoms with van der Waals surface area (Å²) < 4.78 is 4.83. The maximum Gasteiger partial charge on any atom is 0.334 e. The molecule has 2 bridgehead atoms. The van der Waals surface area contributed by atoms with Crippen LogP contribution in [0, 0.1) is 11.8 Å². The van der Waals surface area contributed by atoms with Crippen LogP contribution in [-0.4, -0.2) is 36.1 Å². The van der Waals surface area contributed by atoms with E-state index in [1.807, 2.05) is 48.5 Å². The number of carbonyl (C=O) groups is 3. The summed E-state index contributed by atoms with van der Waals surface area (Å²) in [5, 5.41) is 0.796. The third-order valence-electron chi connectivity index (χ3n) is 6.02. The van der Waals surface area contributed by atoms with Crippen molar-refractivity contribution in [3.63, 3.8) is 0 Å². The van der Waals surface area contributed by atoms with E-state index in [-0.39, 0.29) is 30.3 Å². The molecule has 28 heavy (non-hydrogen) atoms. The summed E-state index contributed by atoms with van der Waals surface area (Å²) in [5.74, 6) is -2.75. The number of rotatable bonds is 4. The molecule has 6 heteroatoms. The minimum absolute atomic E-state index is 0.185. The SMILES string of the molecule is CCOC(=O)CON1C(=O)C2C3c4ccccc4C(c4ccccc43)C2C1=O. The lowest BCUT2D eigenvalue weighted by atomic mass is 9.55. The largest absolute Gasteiger partial charge is 0.464 e. The fraction of sp³-hybridized carbons (Fsp3) is 0.318. The molecule has 0 radical (unpaired) electrons. The van der Waals surface area contributed by atoms with E-state index in [2.05, 4.69) is 0 Å². The van der Waals surface area contributed by atoms with Crippen LogP contribution < -0.4 is 0 Å². The number of esters is 1. The van der Waals surface area contributed by atoms with E-state index in [4.69, 9.17) is 9.57 Å². The van der Waals surface area contributed by atoms with Gasteiger partial charge in [-0.1, -0.05) is 48.5 Å². The molecule has 0 spiro atoms. The smallest absolute Gasteiger partial charge is 0.334 e. The minimum atomic E-state index is -0.604. The van der Waals surface area contributed by atoms with E-state index >= 15 is 0 Å². The number of hydroxylamine groups is 2. The van der Waals surface area contributed by atoms with Crippen molar-refractivity contribution < 1.29 is 24.0 Å². The Hall–Kier alpha value is -2.99. The van der Waals surface area contributed by atoms with Crippen molar-refractivity contribution in [2.45, 2.75) is 18.8 Å². The summed E-state index contributed by atoms with van der Waals surface area (Å²) in [7, 11) is 0. The molecule has 2 aromatic carbocycles. The van der Waals surface area contributed by atoms with Gasteiger partial charge in [-0.3, -0.25) is 14.4 Å². The van der Waals surface area contributed by atoms with Gasteiger partial charge in [0.2, 0.25) is 0 Å². The first kappa shape index (κ1) is 17.1. The second kappa shape index (κ2) is 6.27. The first-order chi connectivity index (χ1) is 13.6. The second-order valence-corrected chi connectivity index (χ2v) is 7.31. The first-order valence-electron chi connectivity index (χ1n) is 9.47. The van der Waals surface area contributed by atoms with E-state index in [9.17, 15) is 14.4 Å². The molecule has 4 aliphatic rings. The average molecular weight is 377 g/mol. The molecule has 0 saturated carbocycles. The van der Waals surface area contributed by atoms with Gasteiger partial charge >= 0.3 is 5.97 Å². The number of ether oxygens (including phenoxy) is 1. The van der Waals surface area contributed by atoms with E-state index < -0.39 is 24.4 Å². The maximum atomic E-state index is 13.2. The summed E-state index contributed by atoms with van der Waals surface area (Å²) in [6.45, 7) is 1.44. The van der Waals surface area contributed by atoms with Crippen LogP contribution in [0.2, 0.25) is 0 Å². The summed E-state index contributed by atoms with van der Waals surface area (Å²) >= 11 is 0. The van der Waals surface area contributed by atoms with Crippen LogP contribution in [0.25, 0.3) is 0 Å². The van der Waals surface area contributed by atoms with Crippen molar-refractivity contribution in [2.24, 2.45) is 11.8 Å². The van der Waals surface area contributed by atoms with Gasteiger partial charge in [-0.05, 0) is 29.2 Å². The van der Waals surface area contributed by atoms with Gasteiger partial charge in [-0.2, -0.15) is 5.06 Å². The highest BCUT2D eigenvalue weighted by Gasteiger charge is 2.62. The summed E-state index contributed by atoms with van der Waals surface area (Å²) in [4.78, 5) is 43.3. The second-order valence-electron chi connectivity index (χ2n) is 7.31. The third kappa shape index (κ3) is 2.21. The Morgan fingerprint density at radius 3 is 1.68 bits per heavy atom. The summed E-state index contributed by atoms with van der Waals surface area (Å²) in [5.41, 5.74) is 4.39. The molecule has 2 aromatic rings. The lowest BCUT2D eigenvalue weighted by Crippen LogP contribution is -2.41. The highest BCUT2D eigenvalue weighted by Crippen LogP contribution is 2.60. The van der Waals surface area contributed by atoms with Crippen molar-refractivity contribution in [3.8, 4) is 0 Å². The monoisotopic (exact) mass is 377 g/mol. The van der Waals surface area contributed by atoms with Gasteiger partial charge in [0.15, 0.2) is 6.61 Å². The molecule has 2 amide bonds. The van der Waals surface area contributed by atoms with Crippen molar-refractivity contribution in [1.29, 1.82) is 0 Å². The molecule has 0 aromatic heterocycles. The van der Waals surface area contributed by atoms with Crippen molar-refractivity contribution in [2.75, 3.05) is 13.2 Å². The Balaban J connectivity index is 1.56. The number of benzene rings is 2. The number of carbonyl (C=O) groups excluding carboxylic acids is 3. The molecule has 3 aliphatic carbocycles. The van der Waals surface area contributed by atoms with Gasteiger partial charge in [-0.15, -0.1) is 0 Å². The van der Waals surface area contributed by atoms with Gasteiger partial charge in [0.25, 0.3) is 11.8 Å². The molecule has 6 rings (SSSR count). The molecule has 1 heterocycles. The van der Waals surface area contributed by atoms with Gasteiger partial charge in [0.1, 0.15) is 0 Å². The zero-order valence-corrected chi connectivity index (χ0v) is 15.3. The fourth-order valence-electron chi connectivity index (χ4n) is 5.10. The standard InChI is InChI=1S/C22H19NO5/c1-2-27-16(24)11-28-23-21(25)19-17-12-7-3-4-8-13(12)18(20(19)22(23)26)15-10-6-5-9-14(15)17/h3-10,17-20H,2,11H2,1H3. The van der Waals surface area contributed by atoms with Crippen LogP contribution in [-0.2, 0) is 24.0 Å². The lowest BCUT2D eigenvalue weighted by Gasteiger charge is -2.45. The van der Waals surface area contributed by atoms with Crippen LogP contribution in [0.15, 0.2) is 48.5 Å². The number of hydrogen-bond donors (Lipinski definition) is 0. The highest BCUT2D eigenvalue weighted by atomic mass is 16.7. The van der Waals surface area contributed by atoms with Crippen LogP contribution in [0.1, 0.15) is 41.0 Å². The summed E-state index contributed by atoms with van der Waals surface area (Å²) in [6.07, 6.45) is 0. The van der Waals surface area contributed by atoms with E-state index in [0.717, 1.165) is 27.3 Å². The molecule has 142 valence electrons. The van der Waals surface area contributed by atoms with Crippen molar-refractivity contribution in [1.82, 2.24) is 5.06 Å². The zero-order chi connectivity index (χ0) is 19.4. The van der Waals surface area contributed by atoms with E-state index in [1.54, 1.807) is 6.92 Å². The molecule has 1 fully saturated rings. The normalized spacial score (nSPS) is 26.7. The Bertz CT molecular complexity index is 884. The average Bonchev–Trinajstić information content (AvgIpc) is 2.97. The van der Waals surface area contributed by atoms with Gasteiger partial charge < -0.3 is 4.74 Å². The quantitative estimate of drug-likeness (QED) is 0.604. The zero-order valence-electron chi connectivity index (χ0n) is 15.3. The summed E-state index contributed by atoms with van der Waals surface area (Å²) in [6, 6.07) is 16.0. The Kier molecular flexibility index (Phi) is 3.84. The predicted octanol–water partition coefficient (Wildman–Crippen LogP) is 2.37. The lowest BCUT2D eigenvalue weighted by molar-refractivity contribution is -0.195. The highest BCUT2D eigenvalue weighted by molar-refractivity contribution is 6.06. The van der Waals surface area contributed by atoms with Crippen LogP contribution in [0.5, 0.6) is 0 Å². The Morgan fingerprint density at radius 1 is 0.857 bits per heavy atom. The number of amides is 2. The van der Waals surface area contributed by atoms with Crippen LogP contribution >= 0.6 is 0 Å². The molecule has 0 N–H and O–H groups in total. The molecule has 1 aliphatic heterocycles. The predicted molar refractivity (Wildman–Crippen MR) is 98.0 cm³/mol. The Labute approximate surface area is 162 Å². The molecule has 1 saturated heterocycles.